The number of halogens is 1. The molecule has 2 aromatic rings. The van der Waals surface area contributed by atoms with Gasteiger partial charge < -0.3 is 4.90 Å². The normalized spacial score (nSPS) is 16.8. The molecule has 3 rings (SSSR count). The predicted molar refractivity (Wildman–Crippen MR) is 82.4 cm³/mol. The lowest BCUT2D eigenvalue weighted by Gasteiger charge is -2.32. The molecule has 3 nitrogen and oxygen atoms in total. The summed E-state index contributed by atoms with van der Waals surface area (Å²) in [6.07, 6.45) is 8.13. The molecule has 0 bridgehead atoms. The van der Waals surface area contributed by atoms with Crippen LogP contribution in [-0.4, -0.2) is 23.1 Å². The molecule has 19 heavy (non-hydrogen) atoms. The van der Waals surface area contributed by atoms with E-state index in [1.54, 1.807) is 0 Å². The molecular formula is C15H16BrN3. The largest absolute Gasteiger partial charge is 0.370 e. The monoisotopic (exact) mass is 317 g/mol. The van der Waals surface area contributed by atoms with Gasteiger partial charge in [-0.15, -0.1) is 6.58 Å². The zero-order valence-electron chi connectivity index (χ0n) is 10.7. The number of piperidine rings is 1. The van der Waals surface area contributed by atoms with E-state index in [4.69, 9.17) is 0 Å². The van der Waals surface area contributed by atoms with Crippen molar-refractivity contribution in [2.24, 2.45) is 5.92 Å². The van der Waals surface area contributed by atoms with E-state index in [1.807, 2.05) is 18.5 Å². The maximum atomic E-state index is 4.52. The lowest BCUT2D eigenvalue weighted by atomic mass is 9.97. The van der Waals surface area contributed by atoms with Crippen molar-refractivity contribution < 1.29 is 0 Å². The van der Waals surface area contributed by atoms with Crippen LogP contribution in [-0.2, 0) is 0 Å². The van der Waals surface area contributed by atoms with Crippen LogP contribution >= 0.6 is 15.9 Å². The molecule has 0 N–H and O–H groups in total. The summed E-state index contributed by atoms with van der Waals surface area (Å²) in [5, 5.41) is 0. The van der Waals surface area contributed by atoms with Crippen LogP contribution in [0.3, 0.4) is 0 Å². The first-order valence-electron chi connectivity index (χ1n) is 6.55. The van der Waals surface area contributed by atoms with E-state index in [0.717, 1.165) is 28.6 Å². The number of hydrogen-bond acceptors (Lipinski definition) is 3. The summed E-state index contributed by atoms with van der Waals surface area (Å²) in [6, 6.07) is 4.08. The van der Waals surface area contributed by atoms with Gasteiger partial charge in [0.25, 0.3) is 0 Å². The van der Waals surface area contributed by atoms with E-state index < -0.39 is 0 Å². The molecule has 1 aliphatic rings. The highest BCUT2D eigenvalue weighted by molar-refractivity contribution is 9.10. The Morgan fingerprint density at radius 3 is 2.84 bits per heavy atom. The summed E-state index contributed by atoms with van der Waals surface area (Å²) in [7, 11) is 0. The van der Waals surface area contributed by atoms with E-state index in [0.29, 0.717) is 5.92 Å². The summed E-state index contributed by atoms with van der Waals surface area (Å²) in [4.78, 5) is 11.3. The summed E-state index contributed by atoms with van der Waals surface area (Å²) in [6.45, 7) is 6.02. The van der Waals surface area contributed by atoms with Crippen LogP contribution in [0.25, 0.3) is 11.0 Å². The van der Waals surface area contributed by atoms with E-state index in [-0.39, 0.29) is 0 Å². The Morgan fingerprint density at radius 1 is 1.32 bits per heavy atom. The standard InChI is InChI=1S/C15H16BrN3/c1-2-11-4-7-19(8-5-11)14-3-6-17-13-9-12(16)10-18-15(13)14/h2-3,6,9-11H,1,4-5,7-8H2. The SMILES string of the molecule is C=CC1CCN(c2ccnc3cc(Br)cnc23)CC1. The van der Waals surface area contributed by atoms with E-state index >= 15 is 0 Å². The van der Waals surface area contributed by atoms with Crippen LogP contribution in [0.2, 0.25) is 0 Å². The Labute approximate surface area is 121 Å². The molecule has 0 spiro atoms. The van der Waals surface area contributed by atoms with Crippen LogP contribution < -0.4 is 4.90 Å². The molecule has 1 aliphatic heterocycles. The topological polar surface area (TPSA) is 29.0 Å². The van der Waals surface area contributed by atoms with Crippen LogP contribution in [0.4, 0.5) is 5.69 Å². The second-order valence-corrected chi connectivity index (χ2v) is 5.83. The average molecular weight is 318 g/mol. The van der Waals surface area contributed by atoms with E-state index in [2.05, 4.69) is 49.5 Å². The van der Waals surface area contributed by atoms with Crippen LogP contribution in [0, 0.1) is 5.92 Å². The van der Waals surface area contributed by atoms with Crippen molar-refractivity contribution in [3.63, 3.8) is 0 Å². The zero-order chi connectivity index (χ0) is 13.2. The number of anilines is 1. The highest BCUT2D eigenvalue weighted by Gasteiger charge is 2.19. The third kappa shape index (κ3) is 2.50. The fourth-order valence-corrected chi connectivity index (χ4v) is 2.94. The van der Waals surface area contributed by atoms with Gasteiger partial charge in [0.2, 0.25) is 0 Å². The van der Waals surface area contributed by atoms with Crippen molar-refractivity contribution in [1.82, 2.24) is 9.97 Å². The molecule has 1 fully saturated rings. The van der Waals surface area contributed by atoms with Crippen molar-refractivity contribution in [1.29, 1.82) is 0 Å². The molecule has 4 heteroatoms. The second kappa shape index (κ2) is 5.29. The van der Waals surface area contributed by atoms with Gasteiger partial charge in [0.15, 0.2) is 0 Å². The fraction of sp³-hybridized carbons (Fsp3) is 0.333. The molecule has 98 valence electrons. The number of aromatic nitrogens is 2. The van der Waals surface area contributed by atoms with Gasteiger partial charge in [0, 0.05) is 30.0 Å². The average Bonchev–Trinajstić information content (AvgIpc) is 2.46. The third-order valence-electron chi connectivity index (χ3n) is 3.74. The molecule has 0 radical (unpaired) electrons. The summed E-state index contributed by atoms with van der Waals surface area (Å²) in [5.74, 6) is 0.659. The van der Waals surface area contributed by atoms with Gasteiger partial charge >= 0.3 is 0 Å². The molecule has 0 unspecified atom stereocenters. The molecular weight excluding hydrogens is 302 g/mol. The number of pyridine rings is 2. The number of allylic oxidation sites excluding steroid dienone is 1. The summed E-state index contributed by atoms with van der Waals surface area (Å²) >= 11 is 3.44. The predicted octanol–water partition coefficient (Wildman–Crippen LogP) is 3.79. The molecule has 0 atom stereocenters. The van der Waals surface area contributed by atoms with Gasteiger partial charge in [-0.2, -0.15) is 0 Å². The molecule has 0 saturated carbocycles. The Morgan fingerprint density at radius 2 is 2.11 bits per heavy atom. The van der Waals surface area contributed by atoms with Crippen molar-refractivity contribution >= 4 is 32.7 Å². The lowest BCUT2D eigenvalue weighted by molar-refractivity contribution is 0.480. The van der Waals surface area contributed by atoms with Crippen LogP contribution in [0.5, 0.6) is 0 Å². The highest BCUT2D eigenvalue weighted by atomic mass is 79.9. The number of rotatable bonds is 2. The quantitative estimate of drug-likeness (QED) is 0.789. The molecule has 0 aromatic carbocycles. The number of hydrogen-bond donors (Lipinski definition) is 0. The van der Waals surface area contributed by atoms with Gasteiger partial charge in [-0.25, -0.2) is 0 Å². The van der Waals surface area contributed by atoms with E-state index in [1.165, 1.54) is 18.5 Å². The minimum atomic E-state index is 0.659. The lowest BCUT2D eigenvalue weighted by Crippen LogP contribution is -2.33. The minimum absolute atomic E-state index is 0.659. The Balaban J connectivity index is 1.95. The minimum Gasteiger partial charge on any atom is -0.370 e. The first kappa shape index (κ1) is 12.6. The Bertz CT molecular complexity index is 603. The van der Waals surface area contributed by atoms with Crippen molar-refractivity contribution in [2.75, 3.05) is 18.0 Å². The smallest absolute Gasteiger partial charge is 0.112 e. The maximum absolute atomic E-state index is 4.52. The van der Waals surface area contributed by atoms with E-state index in [9.17, 15) is 0 Å². The van der Waals surface area contributed by atoms with Gasteiger partial charge in [-0.3, -0.25) is 9.97 Å². The second-order valence-electron chi connectivity index (χ2n) is 4.91. The van der Waals surface area contributed by atoms with Gasteiger partial charge in [-0.05, 0) is 46.8 Å². The van der Waals surface area contributed by atoms with Crippen LogP contribution in [0.15, 0.2) is 41.7 Å². The molecule has 0 aliphatic carbocycles. The Hall–Kier alpha value is -1.42. The van der Waals surface area contributed by atoms with Gasteiger partial charge in [0.05, 0.1) is 11.2 Å². The maximum Gasteiger partial charge on any atom is 0.112 e. The first-order chi connectivity index (χ1) is 9.28. The van der Waals surface area contributed by atoms with Gasteiger partial charge in [0.1, 0.15) is 5.52 Å². The van der Waals surface area contributed by atoms with Crippen LogP contribution in [0.1, 0.15) is 12.8 Å². The highest BCUT2D eigenvalue weighted by Crippen LogP contribution is 2.29. The molecule has 2 aromatic heterocycles. The molecule has 0 amide bonds. The molecule has 1 saturated heterocycles. The first-order valence-corrected chi connectivity index (χ1v) is 7.35. The Kier molecular flexibility index (Phi) is 3.51. The summed E-state index contributed by atoms with van der Waals surface area (Å²) in [5.41, 5.74) is 3.13. The third-order valence-corrected chi connectivity index (χ3v) is 4.17. The number of nitrogens with zero attached hydrogens (tertiary/aromatic N) is 3. The number of fused-ring (bicyclic) bond motifs is 1. The van der Waals surface area contributed by atoms with Gasteiger partial charge in [-0.1, -0.05) is 6.08 Å². The summed E-state index contributed by atoms with van der Waals surface area (Å²) < 4.78 is 0.968. The van der Waals surface area contributed by atoms with Crippen molar-refractivity contribution in [3.8, 4) is 0 Å². The zero-order valence-corrected chi connectivity index (χ0v) is 12.3. The van der Waals surface area contributed by atoms with Crippen molar-refractivity contribution in [3.05, 3.63) is 41.7 Å². The molecule has 3 heterocycles. The fourth-order valence-electron chi connectivity index (χ4n) is 2.62. The van der Waals surface area contributed by atoms with Crippen molar-refractivity contribution in [2.45, 2.75) is 12.8 Å².